The van der Waals surface area contributed by atoms with Crippen molar-refractivity contribution in [2.45, 2.75) is 19.3 Å². The van der Waals surface area contributed by atoms with Crippen LogP contribution in [0.1, 0.15) is 19.3 Å². The summed E-state index contributed by atoms with van der Waals surface area (Å²) in [7, 11) is 0. The van der Waals surface area contributed by atoms with Gasteiger partial charge in [0.15, 0.2) is 5.78 Å². The van der Waals surface area contributed by atoms with E-state index in [1.807, 2.05) is 0 Å². The summed E-state index contributed by atoms with van der Waals surface area (Å²) in [6.07, 6.45) is 2.58. The minimum Gasteiger partial charge on any atom is -0.348 e. The van der Waals surface area contributed by atoms with E-state index in [1.54, 1.807) is 0 Å². The van der Waals surface area contributed by atoms with Gasteiger partial charge in [-0.25, -0.2) is 0 Å². The van der Waals surface area contributed by atoms with E-state index in [0.717, 1.165) is 19.3 Å². The summed E-state index contributed by atoms with van der Waals surface area (Å²) in [5.74, 6) is 0.0625. The molecule has 0 radical (unpaired) electrons. The zero-order chi connectivity index (χ0) is 7.19. The standard InChI is InChI=1S/C7H9NO2/c9-5-4-8-6(10)7(5)2-1-3-7/h1-4H2,(H,8,10). The maximum Gasteiger partial charge on any atom is 0.234 e. The summed E-state index contributed by atoms with van der Waals surface area (Å²) in [5.41, 5.74) is -0.556. The zero-order valence-electron chi connectivity index (χ0n) is 5.64. The quantitative estimate of drug-likeness (QED) is 0.474. The van der Waals surface area contributed by atoms with Crippen LogP contribution in [0.4, 0.5) is 0 Å². The molecule has 2 fully saturated rings. The van der Waals surface area contributed by atoms with E-state index in [0.29, 0.717) is 0 Å². The van der Waals surface area contributed by atoms with Crippen LogP contribution in [0.15, 0.2) is 0 Å². The molecule has 0 aromatic heterocycles. The van der Waals surface area contributed by atoms with Crippen LogP contribution in [-0.4, -0.2) is 18.2 Å². The topological polar surface area (TPSA) is 46.2 Å². The molecule has 54 valence electrons. The van der Waals surface area contributed by atoms with E-state index in [2.05, 4.69) is 5.32 Å². The molecule has 1 N–H and O–H groups in total. The van der Waals surface area contributed by atoms with Gasteiger partial charge in [0.25, 0.3) is 0 Å². The summed E-state index contributed by atoms with van der Waals surface area (Å²) in [6.45, 7) is 0.263. The van der Waals surface area contributed by atoms with Gasteiger partial charge in [-0.1, -0.05) is 6.42 Å². The SMILES string of the molecule is O=C1CNC(=O)C12CCC2. The molecule has 0 atom stereocenters. The number of carbonyl (C=O) groups is 2. The Morgan fingerprint density at radius 1 is 1.30 bits per heavy atom. The van der Waals surface area contributed by atoms with E-state index in [4.69, 9.17) is 0 Å². The lowest BCUT2D eigenvalue weighted by atomic mass is 9.67. The van der Waals surface area contributed by atoms with Gasteiger partial charge in [-0.15, -0.1) is 0 Å². The maximum absolute atomic E-state index is 11.1. The van der Waals surface area contributed by atoms with Gasteiger partial charge in [-0.3, -0.25) is 9.59 Å². The minimum absolute atomic E-state index is 0.0382. The highest BCUT2D eigenvalue weighted by Gasteiger charge is 2.53. The molecule has 2 aliphatic rings. The Balaban J connectivity index is 2.31. The van der Waals surface area contributed by atoms with Crippen molar-refractivity contribution in [3.8, 4) is 0 Å². The second-order valence-electron chi connectivity index (χ2n) is 3.04. The van der Waals surface area contributed by atoms with Crippen molar-refractivity contribution in [3.05, 3.63) is 0 Å². The number of ketones is 1. The highest BCUT2D eigenvalue weighted by Crippen LogP contribution is 2.43. The van der Waals surface area contributed by atoms with E-state index in [9.17, 15) is 9.59 Å². The number of rotatable bonds is 0. The van der Waals surface area contributed by atoms with Crippen LogP contribution in [-0.2, 0) is 9.59 Å². The van der Waals surface area contributed by atoms with Crippen LogP contribution in [0.2, 0.25) is 0 Å². The Labute approximate surface area is 58.8 Å². The van der Waals surface area contributed by atoms with Crippen LogP contribution in [0.25, 0.3) is 0 Å². The predicted octanol–water partition coefficient (Wildman–Crippen LogP) is -0.144. The van der Waals surface area contributed by atoms with Gasteiger partial charge in [0.2, 0.25) is 5.91 Å². The van der Waals surface area contributed by atoms with Gasteiger partial charge in [0.05, 0.1) is 6.54 Å². The summed E-state index contributed by atoms with van der Waals surface area (Å²) >= 11 is 0. The number of hydrogen-bond acceptors (Lipinski definition) is 2. The maximum atomic E-state index is 11.1. The highest BCUT2D eigenvalue weighted by molar-refractivity contribution is 6.13. The molecule has 1 aliphatic carbocycles. The largest absolute Gasteiger partial charge is 0.348 e. The molecular weight excluding hydrogens is 130 g/mol. The van der Waals surface area contributed by atoms with E-state index in [1.165, 1.54) is 0 Å². The Bertz CT molecular complexity index is 188. The van der Waals surface area contributed by atoms with E-state index < -0.39 is 5.41 Å². The lowest BCUT2D eigenvalue weighted by Crippen LogP contribution is -2.41. The lowest BCUT2D eigenvalue weighted by Gasteiger charge is -2.32. The second kappa shape index (κ2) is 1.59. The Hall–Kier alpha value is -0.860. The first-order valence-electron chi connectivity index (χ1n) is 3.57. The first-order valence-corrected chi connectivity index (χ1v) is 3.57. The molecule has 3 heteroatoms. The molecule has 1 aliphatic heterocycles. The molecule has 1 amide bonds. The lowest BCUT2D eigenvalue weighted by molar-refractivity contribution is -0.140. The smallest absolute Gasteiger partial charge is 0.234 e. The van der Waals surface area contributed by atoms with E-state index >= 15 is 0 Å². The Kier molecular flexibility index (Phi) is 0.938. The van der Waals surface area contributed by atoms with Crippen molar-refractivity contribution in [3.63, 3.8) is 0 Å². The predicted molar refractivity (Wildman–Crippen MR) is 34.3 cm³/mol. The average molecular weight is 139 g/mol. The van der Waals surface area contributed by atoms with Crippen molar-refractivity contribution < 1.29 is 9.59 Å². The normalized spacial score (nSPS) is 28.4. The van der Waals surface area contributed by atoms with Crippen LogP contribution in [0, 0.1) is 5.41 Å². The fourth-order valence-electron chi connectivity index (χ4n) is 1.66. The summed E-state index contributed by atoms with van der Waals surface area (Å²) in [6, 6.07) is 0. The molecule has 0 bridgehead atoms. The van der Waals surface area contributed by atoms with Gasteiger partial charge in [0.1, 0.15) is 5.41 Å². The van der Waals surface area contributed by atoms with Crippen molar-refractivity contribution >= 4 is 11.7 Å². The molecule has 1 heterocycles. The number of amides is 1. The van der Waals surface area contributed by atoms with Gasteiger partial charge in [0, 0.05) is 0 Å². The van der Waals surface area contributed by atoms with Crippen molar-refractivity contribution in [2.24, 2.45) is 5.41 Å². The highest BCUT2D eigenvalue weighted by atomic mass is 16.2. The minimum atomic E-state index is -0.556. The molecule has 1 spiro atoms. The third-order valence-electron chi connectivity index (χ3n) is 2.59. The fourth-order valence-corrected chi connectivity index (χ4v) is 1.66. The number of hydrogen-bond donors (Lipinski definition) is 1. The summed E-state index contributed by atoms with van der Waals surface area (Å²) in [4.78, 5) is 22.2. The molecule has 0 unspecified atom stereocenters. The van der Waals surface area contributed by atoms with Gasteiger partial charge >= 0.3 is 0 Å². The van der Waals surface area contributed by atoms with Gasteiger partial charge < -0.3 is 5.32 Å². The zero-order valence-corrected chi connectivity index (χ0v) is 5.64. The van der Waals surface area contributed by atoms with Crippen molar-refractivity contribution in [1.29, 1.82) is 0 Å². The first kappa shape index (κ1) is 5.89. The second-order valence-corrected chi connectivity index (χ2v) is 3.04. The molecule has 0 aromatic carbocycles. The molecule has 3 nitrogen and oxygen atoms in total. The molecule has 2 rings (SSSR count). The van der Waals surface area contributed by atoms with Gasteiger partial charge in [-0.05, 0) is 12.8 Å². The van der Waals surface area contributed by atoms with Crippen LogP contribution in [0.5, 0.6) is 0 Å². The van der Waals surface area contributed by atoms with Crippen molar-refractivity contribution in [1.82, 2.24) is 5.32 Å². The van der Waals surface area contributed by atoms with Crippen LogP contribution < -0.4 is 5.32 Å². The molecule has 10 heavy (non-hydrogen) atoms. The van der Waals surface area contributed by atoms with Crippen LogP contribution in [0.3, 0.4) is 0 Å². The van der Waals surface area contributed by atoms with Crippen LogP contribution >= 0.6 is 0 Å². The monoisotopic (exact) mass is 139 g/mol. The number of Topliss-reactive ketones (excluding diaryl/α,β-unsaturated/α-hetero) is 1. The first-order chi connectivity index (χ1) is 4.76. The van der Waals surface area contributed by atoms with E-state index in [-0.39, 0.29) is 18.2 Å². The number of carbonyl (C=O) groups excluding carboxylic acids is 2. The fraction of sp³-hybridized carbons (Fsp3) is 0.714. The average Bonchev–Trinajstić information content (AvgIpc) is 2.06. The van der Waals surface area contributed by atoms with Gasteiger partial charge in [-0.2, -0.15) is 0 Å². The third-order valence-corrected chi connectivity index (χ3v) is 2.59. The van der Waals surface area contributed by atoms with Crippen molar-refractivity contribution in [2.75, 3.05) is 6.54 Å². The molecule has 1 saturated carbocycles. The summed E-state index contributed by atoms with van der Waals surface area (Å²) in [5, 5.41) is 2.57. The number of nitrogens with one attached hydrogen (secondary N) is 1. The Morgan fingerprint density at radius 2 is 2.00 bits per heavy atom. The molecule has 1 saturated heterocycles. The molecular formula is C7H9NO2. The summed E-state index contributed by atoms with van der Waals surface area (Å²) < 4.78 is 0. The third kappa shape index (κ3) is 0.462. The Morgan fingerprint density at radius 3 is 2.20 bits per heavy atom. The molecule has 0 aromatic rings.